The number of hydrogen-bond acceptors (Lipinski definition) is 4. The molecule has 0 aliphatic heterocycles. The highest BCUT2D eigenvalue weighted by Crippen LogP contribution is 2.20. The van der Waals surface area contributed by atoms with Crippen LogP contribution in [0.25, 0.3) is 16.7 Å². The lowest BCUT2D eigenvalue weighted by atomic mass is 10.2. The van der Waals surface area contributed by atoms with Crippen molar-refractivity contribution in [1.29, 1.82) is 0 Å². The second kappa shape index (κ2) is 4.90. The molecule has 0 saturated heterocycles. The second-order valence-corrected chi connectivity index (χ2v) is 4.92. The maximum absolute atomic E-state index is 11.1. The van der Waals surface area contributed by atoms with Crippen LogP contribution in [-0.4, -0.2) is 40.2 Å². The molecule has 6 nitrogen and oxygen atoms in total. The van der Waals surface area contributed by atoms with Gasteiger partial charge < -0.3 is 10.0 Å². The summed E-state index contributed by atoms with van der Waals surface area (Å²) in [6, 6.07) is 12.6. The Morgan fingerprint density at radius 3 is 2.48 bits per heavy atom. The van der Waals surface area contributed by atoms with Crippen LogP contribution in [0, 0.1) is 0 Å². The maximum Gasteiger partial charge on any atom is 0.335 e. The highest BCUT2D eigenvalue weighted by atomic mass is 16.4. The molecule has 0 spiro atoms. The molecule has 0 atom stereocenters. The van der Waals surface area contributed by atoms with Crippen LogP contribution >= 0.6 is 0 Å². The van der Waals surface area contributed by atoms with Crippen LogP contribution in [0.2, 0.25) is 0 Å². The van der Waals surface area contributed by atoms with Gasteiger partial charge in [0.1, 0.15) is 5.52 Å². The molecular formula is C15H14N4O2. The zero-order valence-electron chi connectivity index (χ0n) is 11.7. The molecule has 106 valence electrons. The normalized spacial score (nSPS) is 10.8. The molecule has 1 N–H and O–H groups in total. The van der Waals surface area contributed by atoms with E-state index in [1.54, 1.807) is 16.8 Å². The number of anilines is 1. The summed E-state index contributed by atoms with van der Waals surface area (Å²) in [5.74, 6) is -0.965. The van der Waals surface area contributed by atoms with Gasteiger partial charge in [-0.2, -0.15) is 0 Å². The topological polar surface area (TPSA) is 71.2 Å². The van der Waals surface area contributed by atoms with Gasteiger partial charge in [0.05, 0.1) is 16.8 Å². The lowest BCUT2D eigenvalue weighted by molar-refractivity contribution is 0.0697. The first-order valence-electron chi connectivity index (χ1n) is 6.43. The number of carboxylic acid groups (broad SMARTS) is 1. The van der Waals surface area contributed by atoms with Gasteiger partial charge >= 0.3 is 5.97 Å². The first-order chi connectivity index (χ1) is 10.1. The van der Waals surface area contributed by atoms with Crippen molar-refractivity contribution in [2.45, 2.75) is 0 Å². The third kappa shape index (κ3) is 2.31. The summed E-state index contributed by atoms with van der Waals surface area (Å²) in [6.45, 7) is 0. The van der Waals surface area contributed by atoms with Crippen molar-refractivity contribution in [1.82, 2.24) is 15.0 Å². The van der Waals surface area contributed by atoms with E-state index in [0.29, 0.717) is 11.0 Å². The average molecular weight is 282 g/mol. The van der Waals surface area contributed by atoms with Crippen LogP contribution in [0.4, 0.5) is 5.69 Å². The molecule has 0 aliphatic carbocycles. The monoisotopic (exact) mass is 282 g/mol. The van der Waals surface area contributed by atoms with Gasteiger partial charge in [0, 0.05) is 19.8 Å². The predicted octanol–water partition coefficient (Wildman–Crippen LogP) is 2.18. The fourth-order valence-corrected chi connectivity index (χ4v) is 2.13. The van der Waals surface area contributed by atoms with Gasteiger partial charge in [0.2, 0.25) is 0 Å². The van der Waals surface area contributed by atoms with E-state index < -0.39 is 5.97 Å². The van der Waals surface area contributed by atoms with E-state index in [0.717, 1.165) is 11.4 Å². The minimum absolute atomic E-state index is 0.218. The van der Waals surface area contributed by atoms with Crippen LogP contribution in [0.1, 0.15) is 10.4 Å². The number of aromatic carboxylic acids is 1. The highest BCUT2D eigenvalue weighted by molar-refractivity contribution is 5.92. The third-order valence-electron chi connectivity index (χ3n) is 3.30. The highest BCUT2D eigenvalue weighted by Gasteiger charge is 2.10. The Morgan fingerprint density at radius 2 is 1.86 bits per heavy atom. The van der Waals surface area contributed by atoms with Gasteiger partial charge in [-0.1, -0.05) is 5.21 Å². The molecule has 1 heterocycles. The van der Waals surface area contributed by atoms with E-state index in [2.05, 4.69) is 10.3 Å². The molecule has 21 heavy (non-hydrogen) atoms. The second-order valence-electron chi connectivity index (χ2n) is 4.92. The minimum atomic E-state index is -0.965. The molecular weight excluding hydrogens is 268 g/mol. The Morgan fingerprint density at radius 1 is 1.14 bits per heavy atom. The summed E-state index contributed by atoms with van der Waals surface area (Å²) in [5, 5.41) is 17.2. The molecule has 0 unspecified atom stereocenters. The lowest BCUT2D eigenvalue weighted by Gasteiger charge is -2.12. The molecule has 0 fully saturated rings. The Hall–Kier alpha value is -2.89. The number of nitrogens with zero attached hydrogens (tertiary/aromatic N) is 4. The largest absolute Gasteiger partial charge is 0.478 e. The summed E-state index contributed by atoms with van der Waals surface area (Å²) < 4.78 is 1.64. The third-order valence-corrected chi connectivity index (χ3v) is 3.30. The first-order valence-corrected chi connectivity index (χ1v) is 6.43. The van der Waals surface area contributed by atoms with Crippen molar-refractivity contribution in [2.24, 2.45) is 0 Å². The quantitative estimate of drug-likeness (QED) is 0.797. The van der Waals surface area contributed by atoms with E-state index in [1.807, 2.05) is 43.3 Å². The van der Waals surface area contributed by atoms with Gasteiger partial charge in [-0.05, 0) is 42.5 Å². The first kappa shape index (κ1) is 13.1. The molecule has 3 aromatic rings. The zero-order chi connectivity index (χ0) is 15.0. The van der Waals surface area contributed by atoms with Crippen molar-refractivity contribution >= 4 is 22.7 Å². The summed E-state index contributed by atoms with van der Waals surface area (Å²) >= 11 is 0. The van der Waals surface area contributed by atoms with Gasteiger partial charge in [-0.25, -0.2) is 9.48 Å². The van der Waals surface area contributed by atoms with Gasteiger partial charge in [-0.3, -0.25) is 0 Å². The molecule has 6 heteroatoms. The number of carbonyl (C=O) groups is 1. The number of benzene rings is 2. The summed E-state index contributed by atoms with van der Waals surface area (Å²) in [4.78, 5) is 13.1. The van der Waals surface area contributed by atoms with Crippen molar-refractivity contribution in [3.05, 3.63) is 48.0 Å². The SMILES string of the molecule is CN(C)c1ccc(-n2nnc3ccc(C(=O)O)cc32)cc1. The van der Waals surface area contributed by atoms with Crippen molar-refractivity contribution < 1.29 is 9.90 Å². The summed E-state index contributed by atoms with van der Waals surface area (Å²) in [5.41, 5.74) is 3.47. The van der Waals surface area contributed by atoms with Crippen LogP contribution in [-0.2, 0) is 0 Å². The van der Waals surface area contributed by atoms with E-state index >= 15 is 0 Å². The van der Waals surface area contributed by atoms with Crippen LogP contribution < -0.4 is 4.90 Å². The van der Waals surface area contributed by atoms with Crippen LogP contribution in [0.15, 0.2) is 42.5 Å². The lowest BCUT2D eigenvalue weighted by Crippen LogP contribution is -2.08. The molecule has 3 rings (SSSR count). The molecule has 0 radical (unpaired) electrons. The van der Waals surface area contributed by atoms with E-state index in [9.17, 15) is 4.79 Å². The Kier molecular flexibility index (Phi) is 3.06. The number of hydrogen-bond donors (Lipinski definition) is 1. The molecule has 0 bridgehead atoms. The Bertz CT molecular complexity index is 806. The fourth-order valence-electron chi connectivity index (χ4n) is 2.13. The molecule has 0 aliphatic rings. The summed E-state index contributed by atoms with van der Waals surface area (Å²) in [6.07, 6.45) is 0. The van der Waals surface area contributed by atoms with Crippen molar-refractivity contribution in [3.8, 4) is 5.69 Å². The van der Waals surface area contributed by atoms with Crippen LogP contribution in [0.5, 0.6) is 0 Å². The average Bonchev–Trinajstić information content (AvgIpc) is 2.90. The molecule has 0 amide bonds. The van der Waals surface area contributed by atoms with Gasteiger partial charge in [-0.15, -0.1) is 5.10 Å². The van der Waals surface area contributed by atoms with Crippen molar-refractivity contribution in [2.75, 3.05) is 19.0 Å². The van der Waals surface area contributed by atoms with E-state index in [1.165, 1.54) is 6.07 Å². The number of aromatic nitrogens is 3. The molecule has 1 aromatic heterocycles. The minimum Gasteiger partial charge on any atom is -0.478 e. The van der Waals surface area contributed by atoms with E-state index in [-0.39, 0.29) is 5.56 Å². The Balaban J connectivity index is 2.11. The summed E-state index contributed by atoms with van der Waals surface area (Å²) in [7, 11) is 3.94. The van der Waals surface area contributed by atoms with Gasteiger partial charge in [0.25, 0.3) is 0 Å². The zero-order valence-corrected chi connectivity index (χ0v) is 11.7. The Labute approximate surface area is 121 Å². The van der Waals surface area contributed by atoms with Crippen molar-refractivity contribution in [3.63, 3.8) is 0 Å². The van der Waals surface area contributed by atoms with Crippen LogP contribution in [0.3, 0.4) is 0 Å². The van der Waals surface area contributed by atoms with E-state index in [4.69, 9.17) is 5.11 Å². The molecule has 0 saturated carbocycles. The number of carboxylic acids is 1. The molecule has 2 aromatic carbocycles. The fraction of sp³-hybridized carbons (Fsp3) is 0.133. The predicted molar refractivity (Wildman–Crippen MR) is 80.2 cm³/mol. The smallest absolute Gasteiger partial charge is 0.335 e. The number of rotatable bonds is 3. The maximum atomic E-state index is 11.1. The number of fused-ring (bicyclic) bond motifs is 1. The van der Waals surface area contributed by atoms with Gasteiger partial charge in [0.15, 0.2) is 0 Å². The standard InChI is InChI=1S/C15H14N4O2/c1-18(2)11-4-6-12(7-5-11)19-14-9-10(15(20)21)3-8-13(14)16-17-19/h3-9H,1-2H3,(H,20,21).